The van der Waals surface area contributed by atoms with Crippen molar-refractivity contribution < 1.29 is 0 Å². The van der Waals surface area contributed by atoms with Gasteiger partial charge in [0, 0.05) is 47.2 Å². The smallest absolute Gasteiger partial charge is 0.220 e. The topological polar surface area (TPSA) is 85.4 Å². The lowest BCUT2D eigenvalue weighted by Crippen LogP contribution is -1.99. The Morgan fingerprint density at radius 2 is 2.08 bits per heavy atom. The zero-order chi connectivity index (χ0) is 17.0. The van der Waals surface area contributed by atoms with Crippen LogP contribution in [0.25, 0.3) is 33.3 Å². The Bertz CT molecular complexity index is 1100. The number of fused-ring (bicyclic) bond motifs is 5. The second-order valence-corrected chi connectivity index (χ2v) is 6.60. The Morgan fingerprint density at radius 1 is 1.16 bits per heavy atom. The fourth-order valence-electron chi connectivity index (χ4n) is 3.73. The summed E-state index contributed by atoms with van der Waals surface area (Å²) < 4.78 is 1.82. The number of nitrogens with two attached hydrogens (primary N) is 1. The standard InChI is InChI=1S/C19H18N6/c1-25-10-13(9-22-25)11-5-6-15-14(7-11)17-16(23-15)4-2-3-12-8-21-19(20)24-18(12)17/h5-10,23H,2-4H2,1H3,(H2,20,21,24). The SMILES string of the molecule is Cn1cc(-c2ccc3[nH]c4c(c3c2)-c2nc(N)ncc2CCC4)cn1. The first-order valence-corrected chi connectivity index (χ1v) is 8.44. The summed E-state index contributed by atoms with van der Waals surface area (Å²) in [5, 5.41) is 5.46. The second-order valence-electron chi connectivity index (χ2n) is 6.60. The number of nitrogen functional groups attached to an aromatic ring is 1. The molecule has 6 heteroatoms. The molecule has 0 bridgehead atoms. The van der Waals surface area contributed by atoms with Crippen molar-refractivity contribution in [2.24, 2.45) is 7.05 Å². The highest BCUT2D eigenvalue weighted by Crippen LogP contribution is 2.38. The van der Waals surface area contributed by atoms with E-state index in [-0.39, 0.29) is 0 Å². The van der Waals surface area contributed by atoms with Gasteiger partial charge in [0.1, 0.15) is 0 Å². The number of H-pyrrole nitrogens is 1. The summed E-state index contributed by atoms with van der Waals surface area (Å²) in [6, 6.07) is 6.48. The van der Waals surface area contributed by atoms with E-state index in [9.17, 15) is 0 Å². The lowest BCUT2D eigenvalue weighted by Gasteiger charge is -2.07. The van der Waals surface area contributed by atoms with E-state index in [1.54, 1.807) is 0 Å². The highest BCUT2D eigenvalue weighted by Gasteiger charge is 2.21. The first-order valence-electron chi connectivity index (χ1n) is 8.44. The molecule has 4 aromatic rings. The molecule has 25 heavy (non-hydrogen) atoms. The van der Waals surface area contributed by atoms with E-state index >= 15 is 0 Å². The maximum atomic E-state index is 5.88. The molecule has 1 aliphatic carbocycles. The number of benzene rings is 1. The maximum absolute atomic E-state index is 5.88. The zero-order valence-corrected chi connectivity index (χ0v) is 14.0. The molecular formula is C19H18N6. The van der Waals surface area contributed by atoms with Gasteiger partial charge >= 0.3 is 0 Å². The summed E-state index contributed by atoms with van der Waals surface area (Å²) in [5.41, 5.74) is 13.8. The molecule has 0 amide bonds. The van der Waals surface area contributed by atoms with E-state index in [0.717, 1.165) is 41.6 Å². The van der Waals surface area contributed by atoms with Crippen molar-refractivity contribution in [1.82, 2.24) is 24.7 Å². The van der Waals surface area contributed by atoms with Gasteiger partial charge in [-0.25, -0.2) is 9.97 Å². The Morgan fingerprint density at radius 3 is 2.92 bits per heavy atom. The van der Waals surface area contributed by atoms with Crippen molar-refractivity contribution in [2.45, 2.75) is 19.3 Å². The van der Waals surface area contributed by atoms with Crippen LogP contribution in [0.2, 0.25) is 0 Å². The first-order chi connectivity index (χ1) is 12.2. The molecule has 3 aromatic heterocycles. The van der Waals surface area contributed by atoms with Gasteiger partial charge in [0.2, 0.25) is 5.95 Å². The molecular weight excluding hydrogens is 312 g/mol. The van der Waals surface area contributed by atoms with Crippen LogP contribution in [0, 0.1) is 0 Å². The van der Waals surface area contributed by atoms with E-state index in [0.29, 0.717) is 5.95 Å². The molecule has 3 N–H and O–H groups in total. The quantitative estimate of drug-likeness (QED) is 0.561. The number of nitrogens with zero attached hydrogens (tertiary/aromatic N) is 4. The minimum absolute atomic E-state index is 0.323. The summed E-state index contributed by atoms with van der Waals surface area (Å²) in [7, 11) is 1.93. The number of hydrogen-bond donors (Lipinski definition) is 2. The fraction of sp³-hybridized carbons (Fsp3) is 0.211. The van der Waals surface area contributed by atoms with Crippen molar-refractivity contribution >= 4 is 16.9 Å². The van der Waals surface area contributed by atoms with Crippen LogP contribution in [0.15, 0.2) is 36.8 Å². The van der Waals surface area contributed by atoms with E-state index in [4.69, 9.17) is 5.73 Å². The van der Waals surface area contributed by atoms with Gasteiger partial charge in [-0.05, 0) is 42.5 Å². The molecule has 0 saturated heterocycles. The van der Waals surface area contributed by atoms with Crippen LogP contribution < -0.4 is 5.73 Å². The lowest BCUT2D eigenvalue weighted by molar-refractivity contribution is 0.768. The van der Waals surface area contributed by atoms with Gasteiger partial charge in [-0.15, -0.1) is 0 Å². The lowest BCUT2D eigenvalue weighted by atomic mass is 10.0. The van der Waals surface area contributed by atoms with Crippen LogP contribution in [-0.4, -0.2) is 24.7 Å². The van der Waals surface area contributed by atoms with Crippen molar-refractivity contribution in [3.8, 4) is 22.4 Å². The van der Waals surface area contributed by atoms with Gasteiger partial charge in [0.25, 0.3) is 0 Å². The highest BCUT2D eigenvalue weighted by atomic mass is 15.2. The van der Waals surface area contributed by atoms with Gasteiger partial charge in [-0.2, -0.15) is 5.10 Å². The van der Waals surface area contributed by atoms with Crippen LogP contribution in [0.4, 0.5) is 5.95 Å². The number of aromatic nitrogens is 5. The Hall–Kier alpha value is -3.15. The molecule has 0 spiro atoms. The maximum Gasteiger partial charge on any atom is 0.220 e. The summed E-state index contributed by atoms with van der Waals surface area (Å²) in [5.74, 6) is 0.323. The molecule has 0 atom stereocenters. The molecule has 1 aliphatic rings. The van der Waals surface area contributed by atoms with Gasteiger partial charge in [-0.3, -0.25) is 4.68 Å². The molecule has 0 aliphatic heterocycles. The van der Waals surface area contributed by atoms with E-state index in [1.807, 2.05) is 30.3 Å². The van der Waals surface area contributed by atoms with Crippen molar-refractivity contribution in [3.05, 3.63) is 48.0 Å². The van der Waals surface area contributed by atoms with E-state index in [1.165, 1.54) is 22.2 Å². The number of hydrogen-bond acceptors (Lipinski definition) is 4. The third-order valence-electron chi connectivity index (χ3n) is 4.91. The molecule has 5 rings (SSSR count). The Balaban J connectivity index is 1.79. The zero-order valence-electron chi connectivity index (χ0n) is 14.0. The molecule has 3 heterocycles. The number of anilines is 1. The van der Waals surface area contributed by atoms with Gasteiger partial charge in [0.05, 0.1) is 11.9 Å². The summed E-state index contributed by atoms with van der Waals surface area (Å²) >= 11 is 0. The second kappa shape index (κ2) is 5.17. The summed E-state index contributed by atoms with van der Waals surface area (Å²) in [4.78, 5) is 12.3. The third kappa shape index (κ3) is 2.21. The fourth-order valence-corrected chi connectivity index (χ4v) is 3.73. The normalized spacial score (nSPS) is 13.5. The molecule has 0 unspecified atom stereocenters. The number of nitrogens with one attached hydrogen (secondary N) is 1. The van der Waals surface area contributed by atoms with E-state index in [2.05, 4.69) is 38.2 Å². The van der Waals surface area contributed by atoms with Crippen molar-refractivity contribution in [2.75, 3.05) is 5.73 Å². The minimum Gasteiger partial charge on any atom is -0.368 e. The van der Waals surface area contributed by atoms with Crippen LogP contribution in [-0.2, 0) is 19.9 Å². The Kier molecular flexibility index (Phi) is 2.94. The Labute approximate surface area is 144 Å². The summed E-state index contributed by atoms with van der Waals surface area (Å²) in [6.07, 6.45) is 8.84. The van der Waals surface area contributed by atoms with Crippen LogP contribution in [0.5, 0.6) is 0 Å². The molecule has 0 saturated carbocycles. The van der Waals surface area contributed by atoms with Crippen LogP contribution in [0.1, 0.15) is 17.7 Å². The number of aromatic amines is 1. The largest absolute Gasteiger partial charge is 0.368 e. The molecule has 1 aromatic carbocycles. The van der Waals surface area contributed by atoms with Crippen LogP contribution in [0.3, 0.4) is 0 Å². The average Bonchev–Trinajstić information content (AvgIpc) is 3.14. The molecule has 6 nitrogen and oxygen atoms in total. The number of aryl methyl sites for hydroxylation is 3. The van der Waals surface area contributed by atoms with Crippen LogP contribution >= 0.6 is 0 Å². The molecule has 0 fully saturated rings. The molecule has 124 valence electrons. The average molecular weight is 330 g/mol. The first kappa shape index (κ1) is 14.2. The predicted octanol–water partition coefficient (Wildman–Crippen LogP) is 3.10. The monoisotopic (exact) mass is 330 g/mol. The number of rotatable bonds is 1. The minimum atomic E-state index is 0.323. The van der Waals surface area contributed by atoms with Gasteiger partial charge < -0.3 is 10.7 Å². The summed E-state index contributed by atoms with van der Waals surface area (Å²) in [6.45, 7) is 0. The van der Waals surface area contributed by atoms with Gasteiger partial charge in [-0.1, -0.05) is 6.07 Å². The highest BCUT2D eigenvalue weighted by molar-refractivity contribution is 5.99. The van der Waals surface area contributed by atoms with E-state index < -0.39 is 0 Å². The molecule has 0 radical (unpaired) electrons. The predicted molar refractivity (Wildman–Crippen MR) is 98.0 cm³/mol. The van der Waals surface area contributed by atoms with Gasteiger partial charge in [0.15, 0.2) is 0 Å². The third-order valence-corrected chi connectivity index (χ3v) is 4.91. The van der Waals surface area contributed by atoms with Crippen molar-refractivity contribution in [1.29, 1.82) is 0 Å². The van der Waals surface area contributed by atoms with Crippen molar-refractivity contribution in [3.63, 3.8) is 0 Å².